The van der Waals surface area contributed by atoms with E-state index in [1.807, 2.05) is 43.3 Å². The minimum absolute atomic E-state index is 0.235. The second-order valence-electron chi connectivity index (χ2n) is 5.89. The van der Waals surface area contributed by atoms with Crippen LogP contribution in [0.1, 0.15) is 23.6 Å². The van der Waals surface area contributed by atoms with Crippen molar-refractivity contribution in [2.24, 2.45) is 0 Å². The molecule has 0 unspecified atom stereocenters. The van der Waals surface area contributed by atoms with Gasteiger partial charge in [-0.1, -0.05) is 45.8 Å². The number of carbonyl (C=O) groups is 2. The summed E-state index contributed by atoms with van der Waals surface area (Å²) in [4.78, 5) is 25.9. The van der Waals surface area contributed by atoms with Crippen molar-refractivity contribution in [3.63, 3.8) is 0 Å². The molecule has 0 aliphatic carbocycles. The van der Waals surface area contributed by atoms with Gasteiger partial charge < -0.3 is 4.74 Å². The maximum absolute atomic E-state index is 12.3. The zero-order valence-electron chi connectivity index (χ0n) is 14.5. The van der Waals surface area contributed by atoms with Crippen LogP contribution in [0.5, 0.6) is 5.75 Å². The van der Waals surface area contributed by atoms with Gasteiger partial charge in [-0.2, -0.15) is 0 Å². The van der Waals surface area contributed by atoms with E-state index in [4.69, 9.17) is 4.74 Å². The van der Waals surface area contributed by atoms with Crippen molar-refractivity contribution in [1.29, 1.82) is 0 Å². The topological polar surface area (TPSA) is 46.6 Å². The first-order valence-electron chi connectivity index (χ1n) is 8.21. The molecule has 2 amide bonds. The van der Waals surface area contributed by atoms with Crippen LogP contribution in [0.2, 0.25) is 0 Å². The summed E-state index contributed by atoms with van der Waals surface area (Å²) in [6.45, 7) is 4.63. The van der Waals surface area contributed by atoms with Crippen molar-refractivity contribution in [3.05, 3.63) is 68.5 Å². The van der Waals surface area contributed by atoms with Gasteiger partial charge in [-0.15, -0.1) is 0 Å². The fourth-order valence-electron chi connectivity index (χ4n) is 2.64. The summed E-state index contributed by atoms with van der Waals surface area (Å²) in [6, 6.07) is 13.8. The van der Waals surface area contributed by atoms with Gasteiger partial charge in [0.2, 0.25) is 0 Å². The molecule has 0 radical (unpaired) electrons. The molecule has 6 heteroatoms. The molecule has 0 N–H and O–H groups in total. The number of amides is 2. The number of aryl methyl sites for hydroxylation is 1. The van der Waals surface area contributed by atoms with Crippen LogP contribution in [0.25, 0.3) is 6.08 Å². The maximum Gasteiger partial charge on any atom is 0.293 e. The van der Waals surface area contributed by atoms with Crippen molar-refractivity contribution in [1.82, 2.24) is 4.90 Å². The normalized spacial score (nSPS) is 15.8. The smallest absolute Gasteiger partial charge is 0.293 e. The molecule has 1 fully saturated rings. The molecule has 2 aromatic carbocycles. The van der Waals surface area contributed by atoms with Crippen molar-refractivity contribution in [2.45, 2.75) is 20.5 Å². The van der Waals surface area contributed by atoms with Crippen molar-refractivity contribution >= 4 is 44.9 Å². The monoisotopic (exact) mass is 431 g/mol. The van der Waals surface area contributed by atoms with Gasteiger partial charge in [0.05, 0.1) is 4.91 Å². The van der Waals surface area contributed by atoms with E-state index in [9.17, 15) is 9.59 Å². The number of carbonyl (C=O) groups excluding carboxylic acids is 2. The molecule has 0 bridgehead atoms. The predicted octanol–water partition coefficient (Wildman–Crippen LogP) is 5.39. The Labute approximate surface area is 165 Å². The summed E-state index contributed by atoms with van der Waals surface area (Å²) in [5.41, 5.74) is 3.01. The van der Waals surface area contributed by atoms with Crippen molar-refractivity contribution in [2.75, 3.05) is 6.54 Å². The average molecular weight is 432 g/mol. The third-order valence-corrected chi connectivity index (χ3v) is 5.33. The number of hydrogen-bond donors (Lipinski definition) is 0. The minimum Gasteiger partial charge on any atom is -0.488 e. The fourth-order valence-corrected chi connectivity index (χ4v) is 3.91. The highest BCUT2D eigenvalue weighted by Crippen LogP contribution is 2.34. The SMILES string of the molecule is CCN1C(=O)S/C(=C/c2cc(Br)ccc2OCc2cccc(C)c2)C1=O. The van der Waals surface area contributed by atoms with Crippen molar-refractivity contribution in [3.8, 4) is 5.75 Å². The number of benzene rings is 2. The largest absolute Gasteiger partial charge is 0.488 e. The number of nitrogens with zero attached hydrogens (tertiary/aromatic N) is 1. The number of hydrogen-bond acceptors (Lipinski definition) is 4. The summed E-state index contributed by atoms with van der Waals surface area (Å²) in [6.07, 6.45) is 1.72. The Morgan fingerprint density at radius 3 is 2.69 bits per heavy atom. The van der Waals surface area contributed by atoms with Gasteiger partial charge in [0, 0.05) is 16.6 Å². The number of thioether (sulfide) groups is 1. The summed E-state index contributed by atoms with van der Waals surface area (Å²) >= 11 is 4.41. The second kappa shape index (κ2) is 8.10. The van der Waals surface area contributed by atoms with Crippen LogP contribution in [0, 0.1) is 6.92 Å². The predicted molar refractivity (Wildman–Crippen MR) is 108 cm³/mol. The molecule has 1 aliphatic heterocycles. The zero-order valence-corrected chi connectivity index (χ0v) is 16.9. The van der Waals surface area contributed by atoms with E-state index < -0.39 is 0 Å². The maximum atomic E-state index is 12.3. The summed E-state index contributed by atoms with van der Waals surface area (Å²) in [5, 5.41) is -0.235. The van der Waals surface area contributed by atoms with Crippen LogP contribution >= 0.6 is 27.7 Å². The lowest BCUT2D eigenvalue weighted by Crippen LogP contribution is -2.27. The van der Waals surface area contributed by atoms with E-state index >= 15 is 0 Å². The van der Waals surface area contributed by atoms with E-state index in [0.717, 1.165) is 27.4 Å². The molecular weight excluding hydrogens is 414 g/mol. The average Bonchev–Trinajstić information content (AvgIpc) is 2.87. The summed E-state index contributed by atoms with van der Waals surface area (Å²) in [7, 11) is 0. The Balaban J connectivity index is 1.86. The standard InChI is InChI=1S/C20H18BrNO3S/c1-3-22-19(23)18(26-20(22)24)11-15-10-16(21)7-8-17(15)25-12-14-6-4-5-13(2)9-14/h4-11H,3,12H2,1-2H3/b18-11+. The van der Waals surface area contributed by atoms with Gasteiger partial charge in [-0.05, 0) is 55.4 Å². The van der Waals surface area contributed by atoms with E-state index in [-0.39, 0.29) is 11.1 Å². The van der Waals surface area contributed by atoms with Crippen LogP contribution in [0.15, 0.2) is 51.8 Å². The lowest BCUT2D eigenvalue weighted by Gasteiger charge is -2.11. The third kappa shape index (κ3) is 4.19. The Kier molecular flexibility index (Phi) is 5.84. The number of halogens is 1. The van der Waals surface area contributed by atoms with E-state index in [0.29, 0.717) is 23.8 Å². The lowest BCUT2D eigenvalue weighted by atomic mass is 10.1. The Morgan fingerprint density at radius 1 is 1.19 bits per heavy atom. The van der Waals surface area contributed by atoms with Gasteiger partial charge in [0.1, 0.15) is 12.4 Å². The summed E-state index contributed by atoms with van der Waals surface area (Å²) < 4.78 is 6.85. The number of ether oxygens (including phenoxy) is 1. The molecule has 1 heterocycles. The zero-order chi connectivity index (χ0) is 18.7. The van der Waals surface area contributed by atoms with Gasteiger partial charge in [0.25, 0.3) is 11.1 Å². The van der Waals surface area contributed by atoms with Gasteiger partial charge in [0.15, 0.2) is 0 Å². The summed E-state index contributed by atoms with van der Waals surface area (Å²) in [5.74, 6) is 0.408. The molecule has 0 spiro atoms. The lowest BCUT2D eigenvalue weighted by molar-refractivity contribution is -0.122. The van der Waals surface area contributed by atoms with Gasteiger partial charge >= 0.3 is 0 Å². The first-order chi connectivity index (χ1) is 12.5. The third-order valence-electron chi connectivity index (χ3n) is 3.93. The van der Waals surface area contributed by atoms with E-state index in [1.54, 1.807) is 13.0 Å². The number of likely N-dealkylation sites (N-methyl/N-ethyl adjacent to an activating group) is 1. The molecule has 4 nitrogen and oxygen atoms in total. The Bertz CT molecular complexity index is 894. The first kappa shape index (κ1) is 18.7. The first-order valence-corrected chi connectivity index (χ1v) is 9.82. The Hall–Kier alpha value is -2.05. The molecule has 3 rings (SSSR count). The molecular formula is C20H18BrNO3S. The van der Waals surface area contributed by atoms with Crippen LogP contribution < -0.4 is 4.74 Å². The van der Waals surface area contributed by atoms with Crippen LogP contribution in [-0.2, 0) is 11.4 Å². The number of imide groups is 1. The molecule has 0 atom stereocenters. The van der Waals surface area contributed by atoms with Gasteiger partial charge in [-0.25, -0.2) is 0 Å². The van der Waals surface area contributed by atoms with E-state index in [2.05, 4.69) is 22.0 Å². The van der Waals surface area contributed by atoms with Crippen LogP contribution in [-0.4, -0.2) is 22.6 Å². The second-order valence-corrected chi connectivity index (χ2v) is 7.79. The molecule has 2 aromatic rings. The molecule has 1 saturated heterocycles. The van der Waals surface area contributed by atoms with E-state index in [1.165, 1.54) is 10.5 Å². The molecule has 0 aromatic heterocycles. The highest BCUT2D eigenvalue weighted by Gasteiger charge is 2.33. The van der Waals surface area contributed by atoms with Crippen LogP contribution in [0.4, 0.5) is 4.79 Å². The molecule has 26 heavy (non-hydrogen) atoms. The molecule has 0 saturated carbocycles. The van der Waals surface area contributed by atoms with Crippen LogP contribution in [0.3, 0.4) is 0 Å². The minimum atomic E-state index is -0.257. The highest BCUT2D eigenvalue weighted by atomic mass is 79.9. The quantitative estimate of drug-likeness (QED) is 0.595. The molecule has 134 valence electrons. The van der Waals surface area contributed by atoms with Crippen molar-refractivity contribution < 1.29 is 14.3 Å². The fraction of sp³-hybridized carbons (Fsp3) is 0.200. The van der Waals surface area contributed by atoms with Gasteiger partial charge in [-0.3, -0.25) is 14.5 Å². The Morgan fingerprint density at radius 2 is 2.00 bits per heavy atom. The number of rotatable bonds is 5. The highest BCUT2D eigenvalue weighted by molar-refractivity contribution is 9.10. The molecule has 1 aliphatic rings.